The summed E-state index contributed by atoms with van der Waals surface area (Å²) in [6.45, 7) is 2.05. The fourth-order valence-corrected chi connectivity index (χ4v) is 2.05. The fraction of sp³-hybridized carbons (Fsp3) is 0.909. The molecule has 1 aliphatic heterocycles. The molecule has 2 rings (SSSR count). The van der Waals surface area contributed by atoms with Gasteiger partial charge in [0, 0.05) is 18.5 Å². The van der Waals surface area contributed by atoms with Crippen molar-refractivity contribution in [1.29, 1.82) is 0 Å². The molecule has 1 saturated carbocycles. The van der Waals surface area contributed by atoms with Crippen LogP contribution in [0, 0.1) is 5.92 Å². The highest BCUT2D eigenvalue weighted by molar-refractivity contribution is 5.80. The Bertz CT molecular complexity index is 195. The number of hydrogen-bond donors (Lipinski definition) is 2. The summed E-state index contributed by atoms with van der Waals surface area (Å²) in [6.07, 6.45) is 7.18. The molecule has 2 aliphatic rings. The number of hydrogen-bond acceptors (Lipinski definition) is 2. The van der Waals surface area contributed by atoms with Gasteiger partial charge in [0.05, 0.1) is 0 Å². The molecule has 0 bridgehead atoms. The minimum atomic E-state index is 0.282. The molecule has 0 aromatic rings. The van der Waals surface area contributed by atoms with Crippen LogP contribution in [0.15, 0.2) is 0 Å². The zero-order valence-corrected chi connectivity index (χ0v) is 8.72. The lowest BCUT2D eigenvalue weighted by molar-refractivity contribution is -0.122. The van der Waals surface area contributed by atoms with E-state index in [0.717, 1.165) is 25.8 Å². The van der Waals surface area contributed by atoms with E-state index in [1.165, 1.54) is 25.8 Å². The van der Waals surface area contributed by atoms with Crippen molar-refractivity contribution in [2.45, 2.75) is 44.6 Å². The number of amides is 1. The lowest BCUT2D eigenvalue weighted by atomic mass is 10.1. The first-order valence-corrected chi connectivity index (χ1v) is 5.87. The Hall–Kier alpha value is -0.570. The van der Waals surface area contributed by atoms with Gasteiger partial charge in [-0.1, -0.05) is 0 Å². The van der Waals surface area contributed by atoms with Crippen molar-refractivity contribution in [3.63, 3.8) is 0 Å². The summed E-state index contributed by atoms with van der Waals surface area (Å²) < 4.78 is 0. The van der Waals surface area contributed by atoms with Crippen LogP contribution < -0.4 is 10.6 Å². The maximum atomic E-state index is 11.3. The Morgan fingerprint density at radius 1 is 1.36 bits per heavy atom. The van der Waals surface area contributed by atoms with E-state index >= 15 is 0 Å². The van der Waals surface area contributed by atoms with Gasteiger partial charge in [-0.25, -0.2) is 0 Å². The van der Waals surface area contributed by atoms with E-state index in [1.807, 2.05) is 0 Å². The van der Waals surface area contributed by atoms with Gasteiger partial charge < -0.3 is 10.6 Å². The van der Waals surface area contributed by atoms with E-state index in [4.69, 9.17) is 0 Å². The molecular weight excluding hydrogens is 176 g/mol. The summed E-state index contributed by atoms with van der Waals surface area (Å²) >= 11 is 0. The van der Waals surface area contributed by atoms with E-state index in [2.05, 4.69) is 10.6 Å². The number of carbonyl (C=O) groups excluding carboxylic acids is 1. The van der Waals surface area contributed by atoms with Crippen LogP contribution in [0.2, 0.25) is 0 Å². The van der Waals surface area contributed by atoms with Gasteiger partial charge in [0.15, 0.2) is 0 Å². The molecule has 2 fully saturated rings. The molecule has 0 radical (unpaired) electrons. The zero-order valence-electron chi connectivity index (χ0n) is 8.72. The highest BCUT2D eigenvalue weighted by Gasteiger charge is 2.29. The molecule has 1 atom stereocenters. The Morgan fingerprint density at radius 2 is 2.21 bits per heavy atom. The standard InChI is InChI=1S/C11H20N2O/c14-11(9-5-6-9)13-8-2-4-10-3-1-7-12-10/h9-10,12H,1-8H2,(H,13,14). The van der Waals surface area contributed by atoms with Gasteiger partial charge in [0.1, 0.15) is 0 Å². The van der Waals surface area contributed by atoms with E-state index in [-0.39, 0.29) is 5.91 Å². The minimum Gasteiger partial charge on any atom is -0.356 e. The van der Waals surface area contributed by atoms with E-state index in [9.17, 15) is 4.79 Å². The third-order valence-corrected chi connectivity index (χ3v) is 3.14. The van der Waals surface area contributed by atoms with Gasteiger partial charge in [-0.2, -0.15) is 0 Å². The van der Waals surface area contributed by atoms with Gasteiger partial charge in [-0.15, -0.1) is 0 Å². The van der Waals surface area contributed by atoms with Crippen LogP contribution in [0.4, 0.5) is 0 Å². The highest BCUT2D eigenvalue weighted by Crippen LogP contribution is 2.28. The predicted octanol–water partition coefficient (Wildman–Crippen LogP) is 1.04. The van der Waals surface area contributed by atoms with Gasteiger partial charge >= 0.3 is 0 Å². The van der Waals surface area contributed by atoms with Crippen LogP contribution in [0.3, 0.4) is 0 Å². The first kappa shape index (κ1) is 9.97. The molecule has 0 aromatic carbocycles. The van der Waals surface area contributed by atoms with E-state index in [0.29, 0.717) is 12.0 Å². The van der Waals surface area contributed by atoms with Crippen molar-refractivity contribution in [2.24, 2.45) is 5.92 Å². The highest BCUT2D eigenvalue weighted by atomic mass is 16.2. The molecule has 1 unspecified atom stereocenters. The Kier molecular flexibility index (Phi) is 3.40. The Labute approximate surface area is 85.6 Å². The normalized spacial score (nSPS) is 26.4. The van der Waals surface area contributed by atoms with Crippen molar-refractivity contribution in [3.8, 4) is 0 Å². The van der Waals surface area contributed by atoms with Crippen LogP contribution in [-0.4, -0.2) is 25.0 Å². The summed E-state index contributed by atoms with van der Waals surface area (Å²) in [6, 6.07) is 0.716. The minimum absolute atomic E-state index is 0.282. The van der Waals surface area contributed by atoms with Crippen LogP contribution >= 0.6 is 0 Å². The first-order valence-electron chi connectivity index (χ1n) is 5.87. The second kappa shape index (κ2) is 4.78. The fourth-order valence-electron chi connectivity index (χ4n) is 2.05. The van der Waals surface area contributed by atoms with E-state index in [1.54, 1.807) is 0 Å². The molecule has 2 N–H and O–H groups in total. The maximum absolute atomic E-state index is 11.3. The number of rotatable bonds is 5. The van der Waals surface area contributed by atoms with Crippen molar-refractivity contribution in [2.75, 3.05) is 13.1 Å². The van der Waals surface area contributed by atoms with Crippen molar-refractivity contribution in [3.05, 3.63) is 0 Å². The van der Waals surface area contributed by atoms with Crippen LogP contribution in [-0.2, 0) is 4.79 Å². The molecule has 1 amide bonds. The molecule has 1 heterocycles. The Balaban J connectivity index is 1.48. The first-order chi connectivity index (χ1) is 6.86. The second-order valence-electron chi connectivity index (χ2n) is 4.50. The topological polar surface area (TPSA) is 41.1 Å². The molecule has 14 heavy (non-hydrogen) atoms. The van der Waals surface area contributed by atoms with Crippen molar-refractivity contribution >= 4 is 5.91 Å². The molecule has 1 aliphatic carbocycles. The number of carbonyl (C=O) groups is 1. The van der Waals surface area contributed by atoms with Gasteiger partial charge in [0.25, 0.3) is 0 Å². The second-order valence-corrected chi connectivity index (χ2v) is 4.50. The van der Waals surface area contributed by atoms with Gasteiger partial charge in [-0.05, 0) is 45.1 Å². The van der Waals surface area contributed by atoms with Crippen LogP contribution in [0.1, 0.15) is 38.5 Å². The molecule has 0 spiro atoms. The summed E-state index contributed by atoms with van der Waals surface area (Å²) in [4.78, 5) is 11.3. The monoisotopic (exact) mass is 196 g/mol. The Morgan fingerprint density at radius 3 is 2.86 bits per heavy atom. The van der Waals surface area contributed by atoms with Gasteiger partial charge in [0.2, 0.25) is 5.91 Å². The zero-order chi connectivity index (χ0) is 9.80. The summed E-state index contributed by atoms with van der Waals surface area (Å²) in [7, 11) is 0. The predicted molar refractivity (Wildman–Crippen MR) is 56.0 cm³/mol. The summed E-state index contributed by atoms with van der Waals surface area (Å²) in [5, 5.41) is 6.47. The molecule has 1 saturated heterocycles. The third kappa shape index (κ3) is 2.98. The summed E-state index contributed by atoms with van der Waals surface area (Å²) in [5.74, 6) is 0.643. The third-order valence-electron chi connectivity index (χ3n) is 3.14. The molecule has 80 valence electrons. The van der Waals surface area contributed by atoms with Crippen LogP contribution in [0.25, 0.3) is 0 Å². The average Bonchev–Trinajstić information content (AvgIpc) is 2.92. The molecular formula is C11H20N2O. The molecule has 0 aromatic heterocycles. The number of nitrogens with one attached hydrogen (secondary N) is 2. The lowest BCUT2D eigenvalue weighted by Gasteiger charge is -2.09. The van der Waals surface area contributed by atoms with Crippen molar-refractivity contribution in [1.82, 2.24) is 10.6 Å². The van der Waals surface area contributed by atoms with Crippen LogP contribution in [0.5, 0.6) is 0 Å². The van der Waals surface area contributed by atoms with Gasteiger partial charge in [-0.3, -0.25) is 4.79 Å². The average molecular weight is 196 g/mol. The van der Waals surface area contributed by atoms with Crippen molar-refractivity contribution < 1.29 is 4.79 Å². The SMILES string of the molecule is O=C(NCCCC1CCCN1)C1CC1. The van der Waals surface area contributed by atoms with E-state index < -0.39 is 0 Å². The smallest absolute Gasteiger partial charge is 0.223 e. The molecule has 3 nitrogen and oxygen atoms in total. The summed E-state index contributed by atoms with van der Waals surface area (Å²) in [5.41, 5.74) is 0. The quantitative estimate of drug-likeness (QED) is 0.645. The molecule has 3 heteroatoms. The largest absolute Gasteiger partial charge is 0.356 e. The lowest BCUT2D eigenvalue weighted by Crippen LogP contribution is -2.28. The maximum Gasteiger partial charge on any atom is 0.223 e.